The molecule has 0 spiro atoms. The SMILES string of the molecule is C=CCC(C[C@H](NC(c1ccccc1)(c1ccccc1)c1ccccc1)C(=O)O)C(=O)O. The fourth-order valence-electron chi connectivity index (χ4n) is 4.08. The van der Waals surface area contributed by atoms with E-state index in [1.165, 1.54) is 6.08 Å². The van der Waals surface area contributed by atoms with Crippen molar-refractivity contribution in [3.8, 4) is 0 Å². The molecule has 0 aliphatic heterocycles. The minimum Gasteiger partial charge on any atom is -0.481 e. The Labute approximate surface area is 188 Å². The molecule has 0 aliphatic rings. The van der Waals surface area contributed by atoms with Crippen molar-refractivity contribution in [2.45, 2.75) is 24.4 Å². The van der Waals surface area contributed by atoms with E-state index in [2.05, 4.69) is 11.9 Å². The lowest BCUT2D eigenvalue weighted by Crippen LogP contribution is -2.53. The molecule has 3 N–H and O–H groups in total. The summed E-state index contributed by atoms with van der Waals surface area (Å²) in [4.78, 5) is 24.1. The maximum Gasteiger partial charge on any atom is 0.320 e. The Morgan fingerprint density at radius 3 is 1.50 bits per heavy atom. The number of carbonyl (C=O) groups is 2. The first-order valence-corrected chi connectivity index (χ1v) is 10.5. The van der Waals surface area contributed by atoms with Crippen molar-refractivity contribution in [1.29, 1.82) is 0 Å². The normalized spacial score (nSPS) is 13.1. The minimum absolute atomic E-state index is 0.0784. The minimum atomic E-state index is -1.11. The highest BCUT2D eigenvalue weighted by Gasteiger charge is 2.40. The van der Waals surface area contributed by atoms with Gasteiger partial charge in [-0.05, 0) is 29.5 Å². The van der Waals surface area contributed by atoms with Crippen molar-refractivity contribution in [1.82, 2.24) is 5.32 Å². The summed E-state index contributed by atoms with van der Waals surface area (Å²) >= 11 is 0. The van der Waals surface area contributed by atoms with Crippen LogP contribution in [0.2, 0.25) is 0 Å². The smallest absolute Gasteiger partial charge is 0.320 e. The first kappa shape index (κ1) is 23.0. The second-order valence-electron chi connectivity index (χ2n) is 7.68. The number of allylic oxidation sites excluding steroid dienone is 1. The van der Waals surface area contributed by atoms with Gasteiger partial charge in [0.2, 0.25) is 0 Å². The standard InChI is InChI=1S/C27H27NO4/c1-2-12-20(25(29)30)19-24(26(31)32)28-27(21-13-6-3-7-14-21,22-15-8-4-9-16-22)23-17-10-5-11-18-23/h2-11,13-18,20,24,28H,1,12,19H2,(H,29,30)(H,31,32)/t20?,24-/m0/s1. The van der Waals surface area contributed by atoms with Gasteiger partial charge < -0.3 is 10.2 Å². The quantitative estimate of drug-likeness (QED) is 0.304. The summed E-state index contributed by atoms with van der Waals surface area (Å²) in [7, 11) is 0. The van der Waals surface area contributed by atoms with Crippen LogP contribution in [-0.4, -0.2) is 28.2 Å². The zero-order valence-corrected chi connectivity index (χ0v) is 17.7. The molecule has 0 heterocycles. The maximum absolute atomic E-state index is 12.4. The van der Waals surface area contributed by atoms with E-state index < -0.39 is 29.4 Å². The third-order valence-corrected chi connectivity index (χ3v) is 5.63. The molecule has 0 amide bonds. The lowest BCUT2D eigenvalue weighted by Gasteiger charge is -2.39. The van der Waals surface area contributed by atoms with Gasteiger partial charge in [-0.3, -0.25) is 14.9 Å². The van der Waals surface area contributed by atoms with Crippen molar-refractivity contribution in [3.05, 3.63) is 120 Å². The van der Waals surface area contributed by atoms with Gasteiger partial charge in [0.25, 0.3) is 0 Å². The monoisotopic (exact) mass is 429 g/mol. The van der Waals surface area contributed by atoms with E-state index >= 15 is 0 Å². The third kappa shape index (κ3) is 4.95. The average molecular weight is 430 g/mol. The van der Waals surface area contributed by atoms with Crippen molar-refractivity contribution in [2.75, 3.05) is 0 Å². The van der Waals surface area contributed by atoms with Gasteiger partial charge >= 0.3 is 11.9 Å². The number of rotatable bonds is 11. The zero-order chi connectivity index (χ0) is 23.0. The van der Waals surface area contributed by atoms with Crippen LogP contribution < -0.4 is 5.32 Å². The van der Waals surface area contributed by atoms with E-state index in [-0.39, 0.29) is 12.8 Å². The molecule has 0 radical (unpaired) electrons. The van der Waals surface area contributed by atoms with E-state index in [0.29, 0.717) is 0 Å². The molecule has 0 aliphatic carbocycles. The van der Waals surface area contributed by atoms with Crippen LogP contribution in [0.25, 0.3) is 0 Å². The first-order chi connectivity index (χ1) is 15.5. The molecular formula is C27H27NO4. The van der Waals surface area contributed by atoms with E-state index in [1.807, 2.05) is 91.0 Å². The molecule has 164 valence electrons. The molecule has 32 heavy (non-hydrogen) atoms. The number of hydrogen-bond acceptors (Lipinski definition) is 3. The van der Waals surface area contributed by atoms with E-state index in [9.17, 15) is 19.8 Å². The Balaban J connectivity index is 2.20. The number of nitrogens with one attached hydrogen (secondary N) is 1. The number of carboxylic acid groups (broad SMARTS) is 2. The molecule has 0 fully saturated rings. The van der Waals surface area contributed by atoms with Gasteiger partial charge in [0.1, 0.15) is 6.04 Å². The summed E-state index contributed by atoms with van der Waals surface area (Å²) in [5, 5.41) is 23.1. The van der Waals surface area contributed by atoms with Crippen LogP contribution in [-0.2, 0) is 15.1 Å². The van der Waals surface area contributed by atoms with Crippen LogP contribution in [0.5, 0.6) is 0 Å². The molecule has 1 unspecified atom stereocenters. The van der Waals surface area contributed by atoms with Crippen LogP contribution in [0.1, 0.15) is 29.5 Å². The van der Waals surface area contributed by atoms with Crippen molar-refractivity contribution >= 4 is 11.9 Å². The molecule has 0 bridgehead atoms. The summed E-state index contributed by atoms with van der Waals surface area (Å²) in [5.74, 6) is -3.00. The van der Waals surface area contributed by atoms with Gasteiger partial charge in [0, 0.05) is 0 Å². The number of hydrogen-bond donors (Lipinski definition) is 3. The lowest BCUT2D eigenvalue weighted by molar-refractivity contribution is -0.144. The molecule has 5 heteroatoms. The van der Waals surface area contributed by atoms with Gasteiger partial charge in [-0.15, -0.1) is 6.58 Å². The molecule has 3 aromatic rings. The van der Waals surface area contributed by atoms with E-state index in [1.54, 1.807) is 0 Å². The predicted octanol–water partition coefficient (Wildman–Crippen LogP) is 4.69. The van der Waals surface area contributed by atoms with E-state index in [0.717, 1.165) is 16.7 Å². The van der Waals surface area contributed by atoms with Crippen LogP contribution in [0.15, 0.2) is 104 Å². The summed E-state index contributed by atoms with van der Waals surface area (Å²) < 4.78 is 0. The highest BCUT2D eigenvalue weighted by molar-refractivity contribution is 5.76. The van der Waals surface area contributed by atoms with Crippen LogP contribution in [0.4, 0.5) is 0 Å². The lowest BCUT2D eigenvalue weighted by atomic mass is 9.76. The Hall–Kier alpha value is -3.70. The number of aliphatic carboxylic acids is 2. The van der Waals surface area contributed by atoms with Crippen LogP contribution in [0, 0.1) is 5.92 Å². The molecule has 0 saturated carbocycles. The molecule has 2 atom stereocenters. The van der Waals surface area contributed by atoms with Gasteiger partial charge in [-0.2, -0.15) is 0 Å². The molecule has 0 saturated heterocycles. The summed E-state index contributed by atoms with van der Waals surface area (Å²) in [6.45, 7) is 3.62. The molecule has 5 nitrogen and oxygen atoms in total. The summed E-state index contributed by atoms with van der Waals surface area (Å²) in [5.41, 5.74) is 1.59. The number of benzene rings is 3. The largest absolute Gasteiger partial charge is 0.481 e. The van der Waals surface area contributed by atoms with Crippen LogP contribution >= 0.6 is 0 Å². The maximum atomic E-state index is 12.4. The van der Waals surface area contributed by atoms with Gasteiger partial charge in [0.15, 0.2) is 0 Å². The highest BCUT2D eigenvalue weighted by atomic mass is 16.4. The van der Waals surface area contributed by atoms with Gasteiger partial charge in [-0.25, -0.2) is 0 Å². The summed E-state index contributed by atoms with van der Waals surface area (Å²) in [6, 6.07) is 27.7. The fourth-order valence-corrected chi connectivity index (χ4v) is 4.08. The Kier molecular flexibility index (Phi) is 7.58. The zero-order valence-electron chi connectivity index (χ0n) is 17.7. The van der Waals surface area contributed by atoms with Crippen molar-refractivity contribution in [3.63, 3.8) is 0 Å². The predicted molar refractivity (Wildman–Crippen MR) is 124 cm³/mol. The summed E-state index contributed by atoms with van der Waals surface area (Å²) in [6.07, 6.45) is 1.62. The Bertz CT molecular complexity index is 938. The Morgan fingerprint density at radius 1 is 0.781 bits per heavy atom. The van der Waals surface area contributed by atoms with Gasteiger partial charge in [-0.1, -0.05) is 97.1 Å². The molecule has 3 rings (SSSR count). The molecule has 0 aromatic heterocycles. The topological polar surface area (TPSA) is 86.6 Å². The average Bonchev–Trinajstić information content (AvgIpc) is 2.82. The fraction of sp³-hybridized carbons (Fsp3) is 0.185. The van der Waals surface area contributed by atoms with E-state index in [4.69, 9.17) is 0 Å². The Morgan fingerprint density at radius 2 is 1.19 bits per heavy atom. The van der Waals surface area contributed by atoms with Crippen molar-refractivity contribution < 1.29 is 19.8 Å². The molecule has 3 aromatic carbocycles. The second kappa shape index (κ2) is 10.6. The van der Waals surface area contributed by atoms with Gasteiger partial charge in [0.05, 0.1) is 11.5 Å². The second-order valence-corrected chi connectivity index (χ2v) is 7.68. The highest BCUT2D eigenvalue weighted by Crippen LogP contribution is 2.37. The molecular weight excluding hydrogens is 402 g/mol. The number of carboxylic acids is 2. The van der Waals surface area contributed by atoms with Crippen molar-refractivity contribution in [2.24, 2.45) is 5.92 Å². The first-order valence-electron chi connectivity index (χ1n) is 10.5. The van der Waals surface area contributed by atoms with Crippen LogP contribution in [0.3, 0.4) is 0 Å². The third-order valence-electron chi connectivity index (χ3n) is 5.63.